The molecular weight excluding hydrogens is 262 g/mol. The van der Waals surface area contributed by atoms with E-state index in [1.807, 2.05) is 0 Å². The lowest BCUT2D eigenvalue weighted by atomic mass is 10.5. The monoisotopic (exact) mass is 274 g/mol. The number of hydrogen-bond acceptors (Lipinski definition) is 4. The molecule has 5 nitrogen and oxygen atoms in total. The highest BCUT2D eigenvalue weighted by molar-refractivity contribution is 7.98. The first kappa shape index (κ1) is 13.0. The molecule has 2 aromatic heterocycles. The number of aromatic nitrogens is 4. The third-order valence-corrected chi connectivity index (χ3v) is 3.53. The van der Waals surface area contributed by atoms with Gasteiger partial charge in [-0.25, -0.2) is 9.97 Å². The first-order valence-electron chi connectivity index (χ1n) is 5.17. The van der Waals surface area contributed by atoms with Crippen molar-refractivity contribution in [3.8, 4) is 0 Å². The zero-order valence-corrected chi connectivity index (χ0v) is 10.4. The van der Waals surface area contributed by atoms with Crippen LogP contribution in [0.3, 0.4) is 0 Å². The van der Waals surface area contributed by atoms with Crippen LogP contribution in [0.5, 0.6) is 0 Å². The van der Waals surface area contributed by atoms with Crippen LogP contribution >= 0.6 is 11.8 Å². The van der Waals surface area contributed by atoms with E-state index in [2.05, 4.69) is 9.97 Å². The van der Waals surface area contributed by atoms with Crippen LogP contribution in [-0.4, -0.2) is 24.2 Å². The highest BCUT2D eigenvalue weighted by Gasteiger charge is 2.13. The summed E-state index contributed by atoms with van der Waals surface area (Å²) in [6, 6.07) is 0. The summed E-state index contributed by atoms with van der Waals surface area (Å²) in [5.41, 5.74) is 0.676. The standard InChI is InChI=1S/C10H12F2N4OS/c1-15-7(5-17)4-14-10(15)18-6-8-13-2-3-16(8)9(11)12/h2-4,9,17H,5-6H2,1H3. The van der Waals surface area contributed by atoms with Crippen molar-refractivity contribution in [3.63, 3.8) is 0 Å². The van der Waals surface area contributed by atoms with Crippen LogP contribution in [0.25, 0.3) is 0 Å². The molecule has 0 aliphatic carbocycles. The molecule has 8 heteroatoms. The van der Waals surface area contributed by atoms with Gasteiger partial charge in [0.25, 0.3) is 0 Å². The Morgan fingerprint density at radius 2 is 2.22 bits per heavy atom. The van der Waals surface area contributed by atoms with E-state index >= 15 is 0 Å². The second-order valence-electron chi connectivity index (χ2n) is 3.57. The maximum absolute atomic E-state index is 12.6. The van der Waals surface area contributed by atoms with Gasteiger partial charge in [-0.05, 0) is 0 Å². The van der Waals surface area contributed by atoms with E-state index in [0.29, 0.717) is 22.4 Å². The van der Waals surface area contributed by atoms with Crippen LogP contribution < -0.4 is 0 Å². The number of nitrogens with zero attached hydrogens (tertiary/aromatic N) is 4. The van der Waals surface area contributed by atoms with E-state index in [1.165, 1.54) is 24.2 Å². The van der Waals surface area contributed by atoms with Gasteiger partial charge < -0.3 is 9.67 Å². The lowest BCUT2D eigenvalue weighted by molar-refractivity contribution is 0.0678. The van der Waals surface area contributed by atoms with E-state index < -0.39 is 6.55 Å². The molecule has 2 aromatic rings. The topological polar surface area (TPSA) is 55.9 Å². The van der Waals surface area contributed by atoms with Crippen molar-refractivity contribution in [2.75, 3.05) is 0 Å². The van der Waals surface area contributed by atoms with Crippen LogP contribution in [0, 0.1) is 0 Å². The van der Waals surface area contributed by atoms with E-state index in [4.69, 9.17) is 5.11 Å². The summed E-state index contributed by atoms with van der Waals surface area (Å²) in [6.45, 7) is -2.69. The van der Waals surface area contributed by atoms with Gasteiger partial charge in [0.1, 0.15) is 5.82 Å². The third-order valence-electron chi connectivity index (χ3n) is 2.49. The maximum Gasteiger partial charge on any atom is 0.319 e. The van der Waals surface area contributed by atoms with Gasteiger partial charge >= 0.3 is 6.55 Å². The Morgan fingerprint density at radius 1 is 1.44 bits per heavy atom. The van der Waals surface area contributed by atoms with Crippen molar-refractivity contribution < 1.29 is 13.9 Å². The van der Waals surface area contributed by atoms with Gasteiger partial charge in [0, 0.05) is 19.4 Å². The molecule has 98 valence electrons. The molecule has 1 N–H and O–H groups in total. The number of rotatable bonds is 5. The van der Waals surface area contributed by atoms with Crippen LogP contribution in [-0.2, 0) is 19.4 Å². The molecule has 0 amide bonds. The highest BCUT2D eigenvalue weighted by Crippen LogP contribution is 2.23. The predicted octanol–water partition coefficient (Wildman–Crippen LogP) is 1.80. The molecule has 0 aromatic carbocycles. The largest absolute Gasteiger partial charge is 0.390 e. The lowest BCUT2D eigenvalue weighted by Gasteiger charge is -2.06. The van der Waals surface area contributed by atoms with Crippen LogP contribution in [0.15, 0.2) is 23.7 Å². The minimum absolute atomic E-state index is 0.101. The maximum atomic E-state index is 12.6. The second kappa shape index (κ2) is 5.49. The average molecular weight is 274 g/mol. The lowest BCUT2D eigenvalue weighted by Crippen LogP contribution is -2.03. The Bertz CT molecular complexity index is 526. The van der Waals surface area contributed by atoms with E-state index in [-0.39, 0.29) is 6.61 Å². The normalized spacial score (nSPS) is 11.4. The van der Waals surface area contributed by atoms with Gasteiger partial charge in [-0.2, -0.15) is 8.78 Å². The minimum Gasteiger partial charge on any atom is -0.390 e. The smallest absolute Gasteiger partial charge is 0.319 e. The summed E-state index contributed by atoms with van der Waals surface area (Å²) >= 11 is 1.30. The first-order valence-corrected chi connectivity index (χ1v) is 6.16. The molecule has 0 saturated carbocycles. The molecule has 0 spiro atoms. The first-order chi connectivity index (χ1) is 8.63. The van der Waals surface area contributed by atoms with Gasteiger partial charge in [0.05, 0.1) is 24.3 Å². The summed E-state index contributed by atoms with van der Waals surface area (Å²) in [4.78, 5) is 7.99. The zero-order chi connectivity index (χ0) is 13.1. The van der Waals surface area contributed by atoms with Crippen molar-refractivity contribution >= 4 is 11.8 Å². The van der Waals surface area contributed by atoms with Crippen molar-refractivity contribution in [1.82, 2.24) is 19.1 Å². The van der Waals surface area contributed by atoms with Gasteiger partial charge in [-0.15, -0.1) is 0 Å². The summed E-state index contributed by atoms with van der Waals surface area (Å²) in [5, 5.41) is 9.67. The number of hydrogen-bond donors (Lipinski definition) is 1. The van der Waals surface area contributed by atoms with Gasteiger partial charge in [0.2, 0.25) is 0 Å². The molecule has 0 aliphatic heterocycles. The quantitative estimate of drug-likeness (QED) is 0.845. The summed E-state index contributed by atoms with van der Waals surface area (Å²) in [7, 11) is 1.76. The van der Waals surface area contributed by atoms with E-state index in [9.17, 15) is 8.78 Å². The Balaban J connectivity index is 2.07. The molecule has 2 heterocycles. The van der Waals surface area contributed by atoms with Crippen LogP contribution in [0.4, 0.5) is 8.78 Å². The number of imidazole rings is 2. The molecule has 0 unspecified atom stereocenters. The fourth-order valence-corrected chi connectivity index (χ4v) is 2.39. The predicted molar refractivity (Wildman–Crippen MR) is 62.2 cm³/mol. The molecular formula is C10H12F2N4OS. The fraction of sp³-hybridized carbons (Fsp3) is 0.400. The molecule has 0 fully saturated rings. The fourth-order valence-electron chi connectivity index (χ4n) is 1.47. The molecule has 0 radical (unpaired) electrons. The number of alkyl halides is 2. The third kappa shape index (κ3) is 2.54. The van der Waals surface area contributed by atoms with Crippen LogP contribution in [0.1, 0.15) is 18.1 Å². The van der Waals surface area contributed by atoms with Crippen molar-refractivity contribution in [2.24, 2.45) is 7.05 Å². The van der Waals surface area contributed by atoms with Gasteiger partial charge in [-0.1, -0.05) is 11.8 Å². The Labute approximate surface area is 106 Å². The average Bonchev–Trinajstić information content (AvgIpc) is 2.93. The van der Waals surface area contributed by atoms with Gasteiger partial charge in [-0.3, -0.25) is 4.57 Å². The number of halogens is 2. The van der Waals surface area contributed by atoms with Crippen LogP contribution in [0.2, 0.25) is 0 Å². The molecule has 0 bridgehead atoms. The molecule has 0 saturated heterocycles. The van der Waals surface area contributed by atoms with E-state index in [1.54, 1.807) is 17.8 Å². The van der Waals surface area contributed by atoms with Gasteiger partial charge in [0.15, 0.2) is 5.16 Å². The number of thioether (sulfide) groups is 1. The second-order valence-corrected chi connectivity index (χ2v) is 4.51. The van der Waals surface area contributed by atoms with Crippen molar-refractivity contribution in [3.05, 3.63) is 30.1 Å². The molecule has 2 rings (SSSR count). The Morgan fingerprint density at radius 3 is 2.83 bits per heavy atom. The highest BCUT2D eigenvalue weighted by atomic mass is 32.2. The summed E-state index contributed by atoms with van der Waals surface area (Å²) in [6.07, 6.45) is 4.15. The Hall–Kier alpha value is -1.41. The SMILES string of the molecule is Cn1c(CO)cnc1SCc1nccn1C(F)F. The summed E-state index contributed by atoms with van der Waals surface area (Å²) < 4.78 is 27.7. The molecule has 0 atom stereocenters. The molecule has 18 heavy (non-hydrogen) atoms. The van der Waals surface area contributed by atoms with E-state index in [0.717, 1.165) is 4.57 Å². The number of aliphatic hydroxyl groups excluding tert-OH is 1. The van der Waals surface area contributed by atoms with Crippen molar-refractivity contribution in [2.45, 2.75) is 24.1 Å². The van der Waals surface area contributed by atoms with Crippen molar-refractivity contribution in [1.29, 1.82) is 0 Å². The Kier molecular flexibility index (Phi) is 3.97. The zero-order valence-electron chi connectivity index (χ0n) is 9.62. The molecule has 0 aliphatic rings. The number of aliphatic hydroxyl groups is 1. The minimum atomic E-state index is -2.59. The summed E-state index contributed by atoms with van der Waals surface area (Å²) in [5.74, 6) is 0.594.